The van der Waals surface area contributed by atoms with E-state index in [4.69, 9.17) is 11.6 Å². The Kier molecular flexibility index (Phi) is 5.46. The Morgan fingerprint density at radius 1 is 0.833 bits per heavy atom. The molecule has 2 aromatic carbocycles. The van der Waals surface area contributed by atoms with Gasteiger partial charge in [-0.3, -0.25) is 4.79 Å². The van der Waals surface area contributed by atoms with Gasteiger partial charge in [0.15, 0.2) is 0 Å². The number of carbonyl (C=O) groups excluding carboxylic acids is 2. The lowest BCUT2D eigenvalue weighted by Crippen LogP contribution is -2.40. The number of hydrogen-bond acceptors (Lipinski definition) is 2. The largest absolute Gasteiger partial charge is 0.347 e. The second-order valence-corrected chi connectivity index (χ2v) is 6.80. The molecule has 0 atom stereocenters. The second-order valence-electron chi connectivity index (χ2n) is 6.37. The number of hydrogen-bond donors (Lipinski definition) is 3. The lowest BCUT2D eigenvalue weighted by atomic mass is 10.1. The van der Waals surface area contributed by atoms with Crippen LogP contribution < -0.4 is 16.0 Å². The van der Waals surface area contributed by atoms with Gasteiger partial charge in [0.25, 0.3) is 5.91 Å². The van der Waals surface area contributed by atoms with Crippen LogP contribution in [0.5, 0.6) is 0 Å². The van der Waals surface area contributed by atoms with Gasteiger partial charge in [-0.05, 0) is 69.3 Å². The first-order chi connectivity index (χ1) is 11.2. The highest BCUT2D eigenvalue weighted by atomic mass is 35.5. The van der Waals surface area contributed by atoms with Crippen LogP contribution in [0.4, 0.5) is 16.2 Å². The Hall–Kier alpha value is -2.53. The van der Waals surface area contributed by atoms with Crippen molar-refractivity contribution in [2.45, 2.75) is 26.3 Å². The molecule has 0 unspecified atom stereocenters. The van der Waals surface area contributed by atoms with Crippen molar-refractivity contribution in [2.75, 3.05) is 10.6 Å². The van der Waals surface area contributed by atoms with Gasteiger partial charge in [0, 0.05) is 27.5 Å². The topological polar surface area (TPSA) is 70.2 Å². The van der Waals surface area contributed by atoms with E-state index in [0.29, 0.717) is 22.0 Å². The van der Waals surface area contributed by atoms with E-state index in [1.807, 2.05) is 20.8 Å². The van der Waals surface area contributed by atoms with Crippen molar-refractivity contribution in [1.82, 2.24) is 5.32 Å². The summed E-state index contributed by atoms with van der Waals surface area (Å²) in [6.45, 7) is 5.76. The number of urea groups is 1. The fourth-order valence-corrected chi connectivity index (χ4v) is 2.07. The van der Waals surface area contributed by atoms with E-state index in [-0.39, 0.29) is 17.5 Å². The van der Waals surface area contributed by atoms with Crippen molar-refractivity contribution in [3.05, 3.63) is 59.1 Å². The molecular weight excluding hydrogens is 326 g/mol. The molecule has 0 heterocycles. The predicted octanol–water partition coefficient (Wildman–Crippen LogP) is 4.51. The number of anilines is 2. The van der Waals surface area contributed by atoms with Crippen molar-refractivity contribution in [1.29, 1.82) is 0 Å². The second kappa shape index (κ2) is 7.36. The molecule has 2 rings (SSSR count). The minimum Gasteiger partial charge on any atom is -0.347 e. The smallest absolute Gasteiger partial charge is 0.323 e. The van der Waals surface area contributed by atoms with E-state index in [1.165, 1.54) is 0 Å². The quantitative estimate of drug-likeness (QED) is 0.765. The minimum atomic E-state index is -0.371. The molecule has 6 heteroatoms. The molecule has 0 aliphatic rings. The zero-order valence-corrected chi connectivity index (χ0v) is 14.6. The maximum Gasteiger partial charge on any atom is 0.323 e. The summed E-state index contributed by atoms with van der Waals surface area (Å²) in [7, 11) is 0. The molecule has 126 valence electrons. The number of carbonyl (C=O) groups is 2. The first-order valence-electron chi connectivity index (χ1n) is 7.49. The molecule has 0 fully saturated rings. The third-order valence-electron chi connectivity index (χ3n) is 3.00. The molecule has 0 saturated carbocycles. The van der Waals surface area contributed by atoms with Crippen molar-refractivity contribution < 1.29 is 9.59 Å². The van der Waals surface area contributed by atoms with Gasteiger partial charge >= 0.3 is 6.03 Å². The van der Waals surface area contributed by atoms with Crippen molar-refractivity contribution in [3.8, 4) is 0 Å². The van der Waals surface area contributed by atoms with Crippen LogP contribution in [-0.4, -0.2) is 17.5 Å². The average Bonchev–Trinajstić information content (AvgIpc) is 2.48. The summed E-state index contributed by atoms with van der Waals surface area (Å²) in [5, 5.41) is 8.89. The lowest BCUT2D eigenvalue weighted by molar-refractivity contribution is 0.0919. The average molecular weight is 346 g/mol. The summed E-state index contributed by atoms with van der Waals surface area (Å²) in [6, 6.07) is 13.1. The summed E-state index contributed by atoms with van der Waals surface area (Å²) in [6.07, 6.45) is 0. The van der Waals surface area contributed by atoms with E-state index in [2.05, 4.69) is 16.0 Å². The number of benzene rings is 2. The third kappa shape index (κ3) is 5.59. The first kappa shape index (κ1) is 17.8. The van der Waals surface area contributed by atoms with Gasteiger partial charge in [0.2, 0.25) is 0 Å². The highest BCUT2D eigenvalue weighted by Gasteiger charge is 2.15. The third-order valence-corrected chi connectivity index (χ3v) is 3.25. The SMILES string of the molecule is CC(C)(C)NC(=O)c1ccc(NC(=O)Nc2ccc(Cl)cc2)cc1. The van der Waals surface area contributed by atoms with Gasteiger partial charge in [0.1, 0.15) is 0 Å². The summed E-state index contributed by atoms with van der Waals surface area (Å²) < 4.78 is 0. The maximum atomic E-state index is 12.0. The molecular formula is C18H20ClN3O2. The molecule has 0 aliphatic heterocycles. The Bertz CT molecular complexity index is 719. The molecule has 0 radical (unpaired) electrons. The molecule has 0 saturated heterocycles. The van der Waals surface area contributed by atoms with Crippen molar-refractivity contribution in [3.63, 3.8) is 0 Å². The number of rotatable bonds is 3. The Balaban J connectivity index is 1.94. The van der Waals surface area contributed by atoms with Crippen molar-refractivity contribution >= 4 is 34.9 Å². The number of halogens is 1. The summed E-state index contributed by atoms with van der Waals surface area (Å²) in [5.41, 5.74) is 1.47. The summed E-state index contributed by atoms with van der Waals surface area (Å²) in [5.74, 6) is -0.153. The van der Waals surface area contributed by atoms with Crippen LogP contribution in [0.15, 0.2) is 48.5 Å². The molecule has 3 amide bonds. The summed E-state index contributed by atoms with van der Waals surface area (Å²) >= 11 is 5.80. The van der Waals surface area contributed by atoms with Crippen LogP contribution >= 0.6 is 11.6 Å². The standard InChI is InChI=1S/C18H20ClN3O2/c1-18(2,3)22-16(23)12-4-8-14(9-5-12)20-17(24)21-15-10-6-13(19)7-11-15/h4-11H,1-3H3,(H,22,23)(H2,20,21,24). The highest BCUT2D eigenvalue weighted by Crippen LogP contribution is 2.15. The normalized spacial score (nSPS) is 10.8. The predicted molar refractivity (Wildman–Crippen MR) is 97.8 cm³/mol. The van der Waals surface area contributed by atoms with Crippen LogP contribution in [0.3, 0.4) is 0 Å². The van der Waals surface area contributed by atoms with Crippen molar-refractivity contribution in [2.24, 2.45) is 0 Å². The Morgan fingerprint density at radius 2 is 1.29 bits per heavy atom. The number of amides is 3. The Labute approximate surface area is 146 Å². The van der Waals surface area contributed by atoms with Crippen LogP contribution in [0.25, 0.3) is 0 Å². The first-order valence-corrected chi connectivity index (χ1v) is 7.87. The van der Waals surface area contributed by atoms with E-state index in [1.54, 1.807) is 48.5 Å². The van der Waals surface area contributed by atoms with Gasteiger partial charge < -0.3 is 16.0 Å². The molecule has 0 aliphatic carbocycles. The minimum absolute atomic E-state index is 0.153. The van der Waals surface area contributed by atoms with E-state index in [9.17, 15) is 9.59 Å². The van der Waals surface area contributed by atoms with Gasteiger partial charge in [-0.1, -0.05) is 11.6 Å². The van der Waals surface area contributed by atoms with Gasteiger partial charge in [-0.2, -0.15) is 0 Å². The lowest BCUT2D eigenvalue weighted by Gasteiger charge is -2.20. The molecule has 0 bridgehead atoms. The van der Waals surface area contributed by atoms with E-state index >= 15 is 0 Å². The van der Waals surface area contributed by atoms with Gasteiger partial charge in [0.05, 0.1) is 0 Å². The van der Waals surface area contributed by atoms with Gasteiger partial charge in [-0.25, -0.2) is 4.79 Å². The van der Waals surface area contributed by atoms with Crippen LogP contribution in [0.2, 0.25) is 5.02 Å². The molecule has 3 N–H and O–H groups in total. The fraction of sp³-hybridized carbons (Fsp3) is 0.222. The molecule has 0 spiro atoms. The molecule has 2 aromatic rings. The molecule has 24 heavy (non-hydrogen) atoms. The van der Waals surface area contributed by atoms with E-state index in [0.717, 1.165) is 0 Å². The fourth-order valence-electron chi connectivity index (χ4n) is 1.94. The zero-order chi connectivity index (χ0) is 17.7. The highest BCUT2D eigenvalue weighted by molar-refractivity contribution is 6.30. The molecule has 5 nitrogen and oxygen atoms in total. The van der Waals surface area contributed by atoms with Crippen LogP contribution in [0.1, 0.15) is 31.1 Å². The van der Waals surface area contributed by atoms with Gasteiger partial charge in [-0.15, -0.1) is 0 Å². The molecule has 0 aromatic heterocycles. The van der Waals surface area contributed by atoms with E-state index < -0.39 is 0 Å². The zero-order valence-electron chi connectivity index (χ0n) is 13.8. The summed E-state index contributed by atoms with van der Waals surface area (Å²) in [4.78, 5) is 24.0. The Morgan fingerprint density at radius 3 is 1.75 bits per heavy atom. The maximum absolute atomic E-state index is 12.0. The monoisotopic (exact) mass is 345 g/mol. The van der Waals surface area contributed by atoms with Crippen LogP contribution in [-0.2, 0) is 0 Å². The van der Waals surface area contributed by atoms with Crippen LogP contribution in [0, 0.1) is 0 Å². The number of nitrogens with one attached hydrogen (secondary N) is 3.